The Bertz CT molecular complexity index is 1160. The van der Waals surface area contributed by atoms with Gasteiger partial charge in [0.1, 0.15) is 23.0 Å². The molecular weight excluding hydrogens is 376 g/mol. The van der Waals surface area contributed by atoms with E-state index >= 15 is 0 Å². The number of benzene rings is 3. The minimum atomic E-state index is -1.40. The van der Waals surface area contributed by atoms with Gasteiger partial charge in [-0.15, -0.1) is 0 Å². The molecule has 3 aromatic rings. The molecule has 7 nitrogen and oxygen atoms in total. The fourth-order valence-electron chi connectivity index (χ4n) is 3.94. The molecule has 2 aliphatic rings. The average molecular weight is 390 g/mol. The number of fused-ring (bicyclic) bond motifs is 6. The Morgan fingerprint density at radius 3 is 2.10 bits per heavy atom. The molecule has 3 aromatic carbocycles. The van der Waals surface area contributed by atoms with Crippen LogP contribution in [0.5, 0.6) is 23.0 Å². The molecule has 144 valence electrons. The summed E-state index contributed by atoms with van der Waals surface area (Å²) in [7, 11) is 1.28. The zero-order chi connectivity index (χ0) is 20.3. The molecule has 0 aromatic heterocycles. The number of rotatable bonds is 1. The van der Waals surface area contributed by atoms with E-state index in [1.54, 1.807) is 18.2 Å². The van der Waals surface area contributed by atoms with Crippen LogP contribution in [0, 0.1) is 0 Å². The average Bonchev–Trinajstić information content (AvgIpc) is 2.99. The van der Waals surface area contributed by atoms with Crippen LogP contribution >= 0.6 is 0 Å². The highest BCUT2D eigenvalue weighted by Crippen LogP contribution is 2.57. The van der Waals surface area contributed by atoms with E-state index in [0.29, 0.717) is 22.3 Å². The number of hydrogen-bond donors (Lipinski definition) is 2. The first-order chi connectivity index (χ1) is 13.9. The fraction of sp³-hybridized carbons (Fsp3) is 0.0909. The number of methoxy groups -OCH3 is 1. The Balaban J connectivity index is 1.87. The Kier molecular flexibility index (Phi) is 3.39. The van der Waals surface area contributed by atoms with Crippen molar-refractivity contribution in [3.63, 3.8) is 0 Å². The summed E-state index contributed by atoms with van der Waals surface area (Å²) in [4.78, 5) is 24.9. The summed E-state index contributed by atoms with van der Waals surface area (Å²) in [5, 5.41) is 19.8. The van der Waals surface area contributed by atoms with Crippen LogP contribution in [-0.4, -0.2) is 29.3 Å². The normalized spacial score (nSPS) is 15.0. The third kappa shape index (κ3) is 2.24. The van der Waals surface area contributed by atoms with E-state index in [1.165, 1.54) is 43.5 Å². The Morgan fingerprint density at radius 1 is 0.897 bits per heavy atom. The van der Waals surface area contributed by atoms with Crippen LogP contribution in [-0.2, 0) is 15.1 Å². The second-order valence-corrected chi connectivity index (χ2v) is 6.79. The molecule has 2 N–H and O–H groups in total. The lowest BCUT2D eigenvalue weighted by Gasteiger charge is -2.36. The molecule has 29 heavy (non-hydrogen) atoms. The molecule has 2 heterocycles. The maximum Gasteiger partial charge on any atom is 0.340 e. The van der Waals surface area contributed by atoms with Crippen molar-refractivity contribution in [2.24, 2.45) is 0 Å². The topological polar surface area (TPSA) is 102 Å². The summed E-state index contributed by atoms with van der Waals surface area (Å²) in [5.41, 5.74) is 0.590. The number of carbonyl (C=O) groups excluding carboxylic acids is 2. The van der Waals surface area contributed by atoms with Gasteiger partial charge in [-0.05, 0) is 42.5 Å². The summed E-state index contributed by atoms with van der Waals surface area (Å²) in [6, 6.07) is 13.5. The van der Waals surface area contributed by atoms with Gasteiger partial charge in [-0.25, -0.2) is 9.59 Å². The summed E-state index contributed by atoms with van der Waals surface area (Å²) < 4.78 is 16.6. The van der Waals surface area contributed by atoms with Gasteiger partial charge in [0.05, 0.1) is 18.2 Å². The molecule has 0 saturated heterocycles. The van der Waals surface area contributed by atoms with Crippen LogP contribution in [0.3, 0.4) is 0 Å². The van der Waals surface area contributed by atoms with Crippen molar-refractivity contribution in [2.45, 2.75) is 5.60 Å². The second kappa shape index (κ2) is 5.75. The van der Waals surface area contributed by atoms with E-state index in [2.05, 4.69) is 0 Å². The van der Waals surface area contributed by atoms with Gasteiger partial charge in [0.25, 0.3) is 0 Å². The summed E-state index contributed by atoms with van der Waals surface area (Å²) in [6.45, 7) is 0. The van der Waals surface area contributed by atoms with Gasteiger partial charge >= 0.3 is 11.9 Å². The lowest BCUT2D eigenvalue weighted by Crippen LogP contribution is -2.33. The van der Waals surface area contributed by atoms with E-state index in [4.69, 9.17) is 14.2 Å². The smallest absolute Gasteiger partial charge is 0.340 e. The fourth-order valence-corrected chi connectivity index (χ4v) is 3.94. The van der Waals surface area contributed by atoms with Gasteiger partial charge in [-0.2, -0.15) is 0 Å². The largest absolute Gasteiger partial charge is 0.508 e. The highest BCUT2D eigenvalue weighted by molar-refractivity contribution is 5.99. The maximum atomic E-state index is 12.8. The summed E-state index contributed by atoms with van der Waals surface area (Å²) >= 11 is 0. The molecule has 0 radical (unpaired) electrons. The van der Waals surface area contributed by atoms with Crippen LogP contribution in [0.25, 0.3) is 0 Å². The minimum absolute atomic E-state index is 0.0321. The van der Waals surface area contributed by atoms with Crippen LogP contribution < -0.4 is 4.74 Å². The highest BCUT2D eigenvalue weighted by Gasteiger charge is 2.53. The molecule has 5 rings (SSSR count). The Morgan fingerprint density at radius 2 is 1.52 bits per heavy atom. The molecule has 0 atom stereocenters. The molecule has 0 amide bonds. The van der Waals surface area contributed by atoms with Gasteiger partial charge < -0.3 is 24.4 Å². The van der Waals surface area contributed by atoms with Gasteiger partial charge in [0.15, 0.2) is 5.60 Å². The number of aromatic hydroxyl groups is 2. The van der Waals surface area contributed by atoms with Crippen LogP contribution in [0.1, 0.15) is 37.4 Å². The molecule has 0 unspecified atom stereocenters. The third-order valence-corrected chi connectivity index (χ3v) is 5.19. The number of ether oxygens (including phenoxy) is 3. The first-order valence-electron chi connectivity index (χ1n) is 8.75. The van der Waals surface area contributed by atoms with Crippen molar-refractivity contribution in [3.05, 3.63) is 82.4 Å². The van der Waals surface area contributed by atoms with E-state index in [0.717, 1.165) is 0 Å². The van der Waals surface area contributed by atoms with E-state index in [9.17, 15) is 19.8 Å². The Labute approximate surface area is 164 Å². The van der Waals surface area contributed by atoms with Crippen molar-refractivity contribution in [1.82, 2.24) is 0 Å². The summed E-state index contributed by atoms with van der Waals surface area (Å²) in [6.07, 6.45) is 0. The minimum Gasteiger partial charge on any atom is -0.508 e. The molecule has 7 heteroatoms. The quantitative estimate of drug-likeness (QED) is 0.614. The maximum absolute atomic E-state index is 12.8. The molecule has 0 fully saturated rings. The van der Waals surface area contributed by atoms with Crippen molar-refractivity contribution in [3.8, 4) is 23.0 Å². The van der Waals surface area contributed by atoms with E-state index in [1.807, 2.05) is 0 Å². The zero-order valence-electron chi connectivity index (χ0n) is 15.1. The summed E-state index contributed by atoms with van der Waals surface area (Å²) in [5.74, 6) is -0.632. The molecule has 0 aliphatic carbocycles. The van der Waals surface area contributed by atoms with E-state index in [-0.39, 0.29) is 28.6 Å². The number of phenolic OH excluding ortho intramolecular Hbond substituents is 2. The monoisotopic (exact) mass is 390 g/mol. The van der Waals surface area contributed by atoms with E-state index < -0.39 is 17.5 Å². The molecule has 0 saturated carbocycles. The molecular formula is C22H14O7. The van der Waals surface area contributed by atoms with Crippen LogP contribution in [0.4, 0.5) is 0 Å². The number of carbonyl (C=O) groups is 2. The van der Waals surface area contributed by atoms with Gasteiger partial charge in [0.2, 0.25) is 0 Å². The predicted octanol–water partition coefficient (Wildman–Crippen LogP) is 3.45. The Hall–Kier alpha value is -4.00. The lowest BCUT2D eigenvalue weighted by atomic mass is 9.77. The highest BCUT2D eigenvalue weighted by atomic mass is 16.6. The zero-order valence-corrected chi connectivity index (χ0v) is 15.1. The number of phenols is 2. The SMILES string of the molecule is COC(=O)c1ccc2c(c1)C1(OC2=O)c2ccc(O)cc2Oc2cc(O)ccc21. The van der Waals surface area contributed by atoms with Crippen molar-refractivity contribution in [2.75, 3.05) is 7.11 Å². The first-order valence-corrected chi connectivity index (χ1v) is 8.75. The van der Waals surface area contributed by atoms with Crippen molar-refractivity contribution >= 4 is 11.9 Å². The van der Waals surface area contributed by atoms with Gasteiger partial charge in [-0.3, -0.25) is 0 Å². The third-order valence-electron chi connectivity index (χ3n) is 5.19. The first kappa shape index (κ1) is 17.1. The molecule has 0 bridgehead atoms. The lowest BCUT2D eigenvalue weighted by molar-refractivity contribution is 0.0224. The van der Waals surface area contributed by atoms with Crippen LogP contribution in [0.2, 0.25) is 0 Å². The molecule has 2 aliphatic heterocycles. The number of hydrogen-bond acceptors (Lipinski definition) is 7. The standard InChI is InChI=1S/C22H14O7/c1-27-20(25)11-2-5-14-17(8-11)22(29-21(14)26)15-6-3-12(23)9-18(15)28-19-10-13(24)4-7-16(19)22/h2-10,23-24H,1H3. The van der Waals surface area contributed by atoms with Gasteiger partial charge in [-0.1, -0.05) is 0 Å². The van der Waals surface area contributed by atoms with Gasteiger partial charge in [0, 0.05) is 28.8 Å². The second-order valence-electron chi connectivity index (χ2n) is 6.79. The van der Waals surface area contributed by atoms with Crippen LogP contribution in [0.15, 0.2) is 54.6 Å². The van der Waals surface area contributed by atoms with Crippen molar-refractivity contribution < 1.29 is 34.0 Å². The number of esters is 2. The molecule has 1 spiro atoms. The van der Waals surface area contributed by atoms with Crippen molar-refractivity contribution in [1.29, 1.82) is 0 Å². The predicted molar refractivity (Wildman–Crippen MR) is 99.4 cm³/mol.